The van der Waals surface area contributed by atoms with Gasteiger partial charge in [0.05, 0.1) is 9.60 Å². The summed E-state index contributed by atoms with van der Waals surface area (Å²) < 4.78 is 67.4. The van der Waals surface area contributed by atoms with Crippen molar-refractivity contribution in [1.82, 2.24) is 0 Å². The summed E-state index contributed by atoms with van der Waals surface area (Å²) in [6.45, 7) is 0. The van der Waals surface area contributed by atoms with Crippen LogP contribution in [0, 0.1) is 0 Å². The normalized spacial score (nSPS) is 14.3. The summed E-state index contributed by atoms with van der Waals surface area (Å²) in [4.78, 5) is 0. The third-order valence-electron chi connectivity index (χ3n) is 8.15. The summed E-state index contributed by atoms with van der Waals surface area (Å²) >= 11 is 0. The maximum absolute atomic E-state index is 9.14. The van der Waals surface area contributed by atoms with Crippen LogP contribution in [0.1, 0.15) is 9.60 Å². The van der Waals surface area contributed by atoms with E-state index in [1.54, 1.807) is 0 Å². The van der Waals surface area contributed by atoms with E-state index in [0.29, 0.717) is 5.56 Å². The maximum Gasteiger partial charge on any atom is 0.143 e. The third-order valence-corrected chi connectivity index (χ3v) is 8.15. The summed E-state index contributed by atoms with van der Waals surface area (Å²) in [5, 5.41) is 7.52. The molecule has 0 aliphatic rings. The average molecular weight is 528 g/mol. The molecular formula is C40H24O. The molecule has 0 bridgehead atoms. The van der Waals surface area contributed by atoms with Crippen molar-refractivity contribution >= 4 is 65.0 Å². The van der Waals surface area contributed by atoms with Crippen LogP contribution < -0.4 is 0 Å². The second kappa shape index (κ2) is 8.55. The lowest BCUT2D eigenvalue weighted by molar-refractivity contribution is 0.673. The average Bonchev–Trinajstić information content (AvgIpc) is 3.50. The van der Waals surface area contributed by atoms with E-state index in [0.717, 1.165) is 65.4 Å². The zero-order valence-corrected chi connectivity index (χ0v) is 21.7. The molecule has 0 atom stereocenters. The van der Waals surface area contributed by atoms with Gasteiger partial charge in [-0.25, -0.2) is 0 Å². The van der Waals surface area contributed by atoms with E-state index >= 15 is 0 Å². The topological polar surface area (TPSA) is 13.1 Å². The van der Waals surface area contributed by atoms with Crippen molar-refractivity contribution < 1.29 is 14.0 Å². The molecule has 0 saturated heterocycles. The quantitative estimate of drug-likeness (QED) is 0.204. The molecule has 1 aromatic heterocycles. The highest BCUT2D eigenvalue weighted by molar-refractivity contribution is 6.24. The van der Waals surface area contributed by atoms with Crippen molar-refractivity contribution in [2.24, 2.45) is 0 Å². The van der Waals surface area contributed by atoms with Crippen molar-refractivity contribution in [2.45, 2.75) is 0 Å². The second-order valence-electron chi connectivity index (χ2n) is 10.3. The fourth-order valence-corrected chi connectivity index (χ4v) is 6.37. The number of fused-ring (bicyclic) bond motifs is 8. The van der Waals surface area contributed by atoms with Gasteiger partial charge in [0.25, 0.3) is 0 Å². The molecule has 0 fully saturated rings. The number of hydrogen-bond donors (Lipinski definition) is 0. The van der Waals surface area contributed by atoms with Crippen LogP contribution in [-0.4, -0.2) is 0 Å². The van der Waals surface area contributed by atoms with Crippen LogP contribution in [-0.2, 0) is 0 Å². The first-order valence-electron chi connectivity index (χ1n) is 17.0. The minimum absolute atomic E-state index is 0.0582. The second-order valence-corrected chi connectivity index (χ2v) is 10.3. The molecule has 0 saturated carbocycles. The van der Waals surface area contributed by atoms with E-state index in [1.165, 1.54) is 0 Å². The van der Waals surface area contributed by atoms with Gasteiger partial charge in [0.1, 0.15) is 11.2 Å². The van der Waals surface area contributed by atoms with Crippen LogP contribution >= 0.6 is 0 Å². The van der Waals surface area contributed by atoms with Gasteiger partial charge in [0.2, 0.25) is 0 Å². The minimum Gasteiger partial charge on any atom is -0.455 e. The molecule has 190 valence electrons. The molecule has 0 unspecified atom stereocenters. The fraction of sp³-hybridized carbons (Fsp3) is 0. The van der Waals surface area contributed by atoms with Crippen LogP contribution in [0.2, 0.25) is 0 Å². The molecule has 8 aromatic carbocycles. The SMILES string of the molecule is [2H]c1c([2H])c([2H])c2c(-c3c4ccccc4c(-c4ccc5c(c4)oc4c6ccccc6ccc54)c4ccccc34)c([2H])c([2H])c([2H])c2c1[2H]. The molecule has 41 heavy (non-hydrogen) atoms. The van der Waals surface area contributed by atoms with Gasteiger partial charge in [-0.15, -0.1) is 0 Å². The molecule has 0 amide bonds. The Morgan fingerprint density at radius 1 is 0.439 bits per heavy atom. The molecule has 1 heteroatoms. The van der Waals surface area contributed by atoms with Crippen LogP contribution in [0.3, 0.4) is 0 Å². The van der Waals surface area contributed by atoms with E-state index in [1.807, 2.05) is 60.7 Å². The lowest BCUT2D eigenvalue weighted by atomic mass is 9.84. The molecule has 0 aliphatic heterocycles. The lowest BCUT2D eigenvalue weighted by Crippen LogP contribution is -1.91. The fourth-order valence-electron chi connectivity index (χ4n) is 6.37. The summed E-state index contributed by atoms with van der Waals surface area (Å²) in [5.74, 6) is 0. The molecule has 1 nitrogen and oxygen atoms in total. The Kier molecular flexibility index (Phi) is 3.47. The predicted octanol–water partition coefficient (Wildman–Crippen LogP) is 11.5. The highest BCUT2D eigenvalue weighted by atomic mass is 16.3. The summed E-state index contributed by atoms with van der Waals surface area (Å²) in [5.41, 5.74) is 4.31. The molecule has 9 aromatic rings. The maximum atomic E-state index is 9.14. The highest BCUT2D eigenvalue weighted by Crippen LogP contribution is 2.46. The zero-order valence-electron chi connectivity index (χ0n) is 28.7. The number of benzene rings is 8. The number of hydrogen-bond acceptors (Lipinski definition) is 1. The Hall–Kier alpha value is -5.40. The van der Waals surface area contributed by atoms with Crippen molar-refractivity contribution in [3.63, 3.8) is 0 Å². The summed E-state index contributed by atoms with van der Waals surface area (Å²) in [7, 11) is 0. The first-order valence-corrected chi connectivity index (χ1v) is 13.5. The van der Waals surface area contributed by atoms with E-state index < -0.39 is 12.1 Å². The van der Waals surface area contributed by atoms with Gasteiger partial charge in [-0.05, 0) is 78.2 Å². The number of furan rings is 1. The van der Waals surface area contributed by atoms with Crippen molar-refractivity contribution in [3.8, 4) is 22.3 Å². The van der Waals surface area contributed by atoms with Gasteiger partial charge < -0.3 is 4.42 Å². The first-order chi connectivity index (χ1) is 23.3. The standard InChI is InChI=1S/C40H24O/c1-3-13-28-25(10-1)12-9-19-31(28)39-34-17-7-5-15-32(34)38(33-16-6-8-18-35(33)39)27-21-22-30-36-23-20-26-11-2-4-14-29(26)40(36)41-37(30)24-27/h1-24H/i1D,3D,9D,10D,12D,13D,19D. The molecule has 0 radical (unpaired) electrons. The lowest BCUT2D eigenvalue weighted by Gasteiger charge is -2.18. The Morgan fingerprint density at radius 3 is 1.85 bits per heavy atom. The van der Waals surface area contributed by atoms with Crippen molar-refractivity contribution in [3.05, 3.63) is 145 Å². The largest absolute Gasteiger partial charge is 0.455 e. The molecule has 0 spiro atoms. The van der Waals surface area contributed by atoms with Crippen LogP contribution in [0.4, 0.5) is 0 Å². The van der Waals surface area contributed by atoms with Crippen molar-refractivity contribution in [2.75, 3.05) is 0 Å². The molecule has 0 aliphatic carbocycles. The Bertz CT molecular complexity index is 2810. The van der Waals surface area contributed by atoms with E-state index in [4.69, 9.17) is 14.0 Å². The van der Waals surface area contributed by atoms with Crippen LogP contribution in [0.25, 0.3) is 87.3 Å². The van der Waals surface area contributed by atoms with Gasteiger partial charge in [-0.1, -0.05) is 127 Å². The summed E-state index contributed by atoms with van der Waals surface area (Å²) in [6.07, 6.45) is 0. The monoisotopic (exact) mass is 527 g/mol. The van der Waals surface area contributed by atoms with Gasteiger partial charge in [0, 0.05) is 16.2 Å². The Balaban J connectivity index is 1.42. The van der Waals surface area contributed by atoms with E-state index in [2.05, 4.69) is 42.5 Å². The molecular weight excluding hydrogens is 496 g/mol. The molecule has 1 heterocycles. The first kappa shape index (κ1) is 16.6. The van der Waals surface area contributed by atoms with Gasteiger partial charge in [-0.3, -0.25) is 0 Å². The summed E-state index contributed by atoms with van der Waals surface area (Å²) in [6, 6.07) is 31.6. The van der Waals surface area contributed by atoms with E-state index in [-0.39, 0.29) is 46.5 Å². The zero-order chi connectivity index (χ0) is 33.0. The molecule has 9 rings (SSSR count). The Morgan fingerprint density at radius 2 is 1.07 bits per heavy atom. The van der Waals surface area contributed by atoms with Crippen LogP contribution in [0.5, 0.6) is 0 Å². The predicted molar refractivity (Wildman–Crippen MR) is 175 cm³/mol. The van der Waals surface area contributed by atoms with Gasteiger partial charge >= 0.3 is 0 Å². The third kappa shape index (κ3) is 3.24. The molecule has 0 N–H and O–H groups in total. The Labute approximate surface area is 246 Å². The van der Waals surface area contributed by atoms with Crippen LogP contribution in [0.15, 0.2) is 150 Å². The van der Waals surface area contributed by atoms with Gasteiger partial charge in [-0.2, -0.15) is 0 Å². The van der Waals surface area contributed by atoms with Crippen molar-refractivity contribution in [1.29, 1.82) is 0 Å². The minimum atomic E-state index is -0.469. The smallest absolute Gasteiger partial charge is 0.143 e. The number of rotatable bonds is 2. The van der Waals surface area contributed by atoms with E-state index in [9.17, 15) is 0 Å². The highest BCUT2D eigenvalue weighted by Gasteiger charge is 2.19. The van der Waals surface area contributed by atoms with Gasteiger partial charge in [0.15, 0.2) is 0 Å².